The molecule has 0 bridgehead atoms. The summed E-state index contributed by atoms with van der Waals surface area (Å²) in [5.41, 5.74) is 6.59. The van der Waals surface area contributed by atoms with Gasteiger partial charge in [-0.05, 0) is 32.0 Å². The van der Waals surface area contributed by atoms with Crippen LogP contribution in [0.5, 0.6) is 5.75 Å². The van der Waals surface area contributed by atoms with Crippen molar-refractivity contribution in [2.75, 3.05) is 12.8 Å². The maximum Gasteiger partial charge on any atom is 0.337 e. The third-order valence-electron chi connectivity index (χ3n) is 1.79. The summed E-state index contributed by atoms with van der Waals surface area (Å²) >= 11 is 0. The number of nitrogen functional groups attached to an aromatic ring is 1. The number of esters is 1. The van der Waals surface area contributed by atoms with Gasteiger partial charge in [0.2, 0.25) is 0 Å². The Morgan fingerprint density at radius 3 is 2.44 bits per heavy atom. The molecule has 0 saturated heterocycles. The van der Waals surface area contributed by atoms with Crippen molar-refractivity contribution < 1.29 is 14.3 Å². The predicted molar refractivity (Wildman–Crippen MR) is 65.2 cm³/mol. The van der Waals surface area contributed by atoms with E-state index in [1.807, 2.05) is 13.8 Å². The van der Waals surface area contributed by atoms with Gasteiger partial charge in [0, 0.05) is 0 Å². The van der Waals surface area contributed by atoms with Gasteiger partial charge in [-0.15, -0.1) is 12.4 Å². The number of carbonyl (C=O) groups excluding carboxylic acids is 1. The van der Waals surface area contributed by atoms with Gasteiger partial charge in [-0.3, -0.25) is 0 Å². The van der Waals surface area contributed by atoms with E-state index in [1.165, 1.54) is 7.11 Å². The van der Waals surface area contributed by atoms with E-state index < -0.39 is 5.97 Å². The van der Waals surface area contributed by atoms with E-state index in [-0.39, 0.29) is 18.5 Å². The third-order valence-corrected chi connectivity index (χ3v) is 1.79. The Morgan fingerprint density at radius 2 is 2.00 bits per heavy atom. The molecule has 0 aliphatic heterocycles. The third kappa shape index (κ3) is 3.62. The van der Waals surface area contributed by atoms with Crippen LogP contribution in [0.2, 0.25) is 0 Å². The smallest absolute Gasteiger partial charge is 0.337 e. The molecule has 1 aromatic carbocycles. The summed E-state index contributed by atoms with van der Waals surface area (Å²) in [5, 5.41) is 0. The van der Waals surface area contributed by atoms with Crippen molar-refractivity contribution in [3.63, 3.8) is 0 Å². The minimum Gasteiger partial charge on any atom is -0.489 e. The predicted octanol–water partition coefficient (Wildman–Crippen LogP) is 2.26. The topological polar surface area (TPSA) is 61.5 Å². The summed E-state index contributed by atoms with van der Waals surface area (Å²) in [6.07, 6.45) is 0.0521. The van der Waals surface area contributed by atoms with Crippen molar-refractivity contribution in [2.45, 2.75) is 20.0 Å². The number of methoxy groups -OCH3 is 1. The van der Waals surface area contributed by atoms with Gasteiger partial charge < -0.3 is 15.2 Å². The standard InChI is InChI=1S/C11H15NO3.ClH/c1-7(2)15-10-5-4-8(6-9(10)12)11(13)14-3;/h4-7H,12H2,1-3H3;1H. The quantitative estimate of drug-likeness (QED) is 0.656. The van der Waals surface area contributed by atoms with Gasteiger partial charge in [-0.2, -0.15) is 0 Å². The number of anilines is 1. The first kappa shape index (κ1) is 14.6. The molecule has 0 radical (unpaired) electrons. The van der Waals surface area contributed by atoms with E-state index in [0.717, 1.165) is 0 Å². The monoisotopic (exact) mass is 245 g/mol. The molecule has 0 fully saturated rings. The van der Waals surface area contributed by atoms with E-state index in [2.05, 4.69) is 4.74 Å². The highest BCUT2D eigenvalue weighted by Gasteiger charge is 2.09. The molecule has 1 rings (SSSR count). The van der Waals surface area contributed by atoms with Gasteiger partial charge in [-0.1, -0.05) is 0 Å². The highest BCUT2D eigenvalue weighted by atomic mass is 35.5. The minimum absolute atomic E-state index is 0. The Hall–Kier alpha value is -1.42. The van der Waals surface area contributed by atoms with Gasteiger partial charge in [0.25, 0.3) is 0 Å². The van der Waals surface area contributed by atoms with E-state index >= 15 is 0 Å². The Labute approximate surface area is 101 Å². The van der Waals surface area contributed by atoms with E-state index in [1.54, 1.807) is 18.2 Å². The zero-order chi connectivity index (χ0) is 11.4. The molecule has 0 aromatic heterocycles. The second-order valence-corrected chi connectivity index (χ2v) is 3.41. The van der Waals surface area contributed by atoms with Crippen LogP contribution in [0.25, 0.3) is 0 Å². The molecule has 0 aliphatic rings. The fourth-order valence-electron chi connectivity index (χ4n) is 1.15. The molecule has 0 aliphatic carbocycles. The molecule has 90 valence electrons. The summed E-state index contributed by atoms with van der Waals surface area (Å²) in [7, 11) is 1.33. The Kier molecular flexibility index (Phi) is 5.67. The van der Waals surface area contributed by atoms with Crippen LogP contribution in [0, 0.1) is 0 Å². The number of nitrogens with two attached hydrogens (primary N) is 1. The van der Waals surface area contributed by atoms with Crippen LogP contribution in [0.15, 0.2) is 18.2 Å². The maximum absolute atomic E-state index is 11.2. The number of ether oxygens (including phenoxy) is 2. The van der Waals surface area contributed by atoms with Crippen molar-refractivity contribution in [3.05, 3.63) is 23.8 Å². The number of hydrogen-bond acceptors (Lipinski definition) is 4. The summed E-state index contributed by atoms with van der Waals surface area (Å²) in [6, 6.07) is 4.84. The number of rotatable bonds is 3. The Morgan fingerprint density at radius 1 is 1.38 bits per heavy atom. The fraction of sp³-hybridized carbons (Fsp3) is 0.364. The molecular weight excluding hydrogens is 230 g/mol. The molecule has 0 atom stereocenters. The van der Waals surface area contributed by atoms with E-state index in [0.29, 0.717) is 17.0 Å². The van der Waals surface area contributed by atoms with Gasteiger partial charge in [0.1, 0.15) is 5.75 Å². The van der Waals surface area contributed by atoms with Crippen LogP contribution in [-0.4, -0.2) is 19.2 Å². The Bertz CT molecular complexity index is 366. The van der Waals surface area contributed by atoms with Crippen LogP contribution in [0.4, 0.5) is 5.69 Å². The molecule has 0 heterocycles. The van der Waals surface area contributed by atoms with Crippen LogP contribution in [-0.2, 0) is 4.74 Å². The van der Waals surface area contributed by atoms with Crippen LogP contribution >= 0.6 is 12.4 Å². The first-order chi connectivity index (χ1) is 7.04. The summed E-state index contributed by atoms with van der Waals surface area (Å²) in [6.45, 7) is 3.82. The average molecular weight is 246 g/mol. The van der Waals surface area contributed by atoms with Crippen molar-refractivity contribution in [2.24, 2.45) is 0 Å². The molecule has 16 heavy (non-hydrogen) atoms. The fourth-order valence-corrected chi connectivity index (χ4v) is 1.15. The highest BCUT2D eigenvalue weighted by molar-refractivity contribution is 5.90. The summed E-state index contributed by atoms with van der Waals surface area (Å²) < 4.78 is 10.0. The number of carbonyl (C=O) groups is 1. The molecule has 0 saturated carbocycles. The van der Waals surface area contributed by atoms with Crippen LogP contribution in [0.3, 0.4) is 0 Å². The zero-order valence-corrected chi connectivity index (χ0v) is 10.3. The number of hydrogen-bond donors (Lipinski definition) is 1. The highest BCUT2D eigenvalue weighted by Crippen LogP contribution is 2.23. The molecule has 1 aromatic rings. The van der Waals surface area contributed by atoms with Crippen LogP contribution < -0.4 is 10.5 Å². The molecule has 0 spiro atoms. The van der Waals surface area contributed by atoms with Crippen LogP contribution in [0.1, 0.15) is 24.2 Å². The van der Waals surface area contributed by atoms with Crippen molar-refractivity contribution in [1.29, 1.82) is 0 Å². The molecular formula is C11H16ClNO3. The second-order valence-electron chi connectivity index (χ2n) is 3.41. The lowest BCUT2D eigenvalue weighted by Gasteiger charge is -2.12. The van der Waals surface area contributed by atoms with Gasteiger partial charge in [0.15, 0.2) is 0 Å². The summed E-state index contributed by atoms with van der Waals surface area (Å²) in [5.74, 6) is 0.176. The Balaban J connectivity index is 0.00000225. The lowest BCUT2D eigenvalue weighted by Crippen LogP contribution is -2.08. The SMILES string of the molecule is COC(=O)c1ccc(OC(C)C)c(N)c1.Cl. The lowest BCUT2D eigenvalue weighted by molar-refractivity contribution is 0.0601. The molecule has 5 heteroatoms. The number of halogens is 1. The van der Waals surface area contributed by atoms with Crippen molar-refractivity contribution in [1.82, 2.24) is 0 Å². The zero-order valence-electron chi connectivity index (χ0n) is 9.52. The number of benzene rings is 1. The largest absolute Gasteiger partial charge is 0.489 e. The first-order valence-corrected chi connectivity index (χ1v) is 4.69. The van der Waals surface area contributed by atoms with Gasteiger partial charge in [0.05, 0.1) is 24.5 Å². The van der Waals surface area contributed by atoms with E-state index in [9.17, 15) is 4.79 Å². The normalized spacial score (nSPS) is 9.50. The maximum atomic E-state index is 11.2. The van der Waals surface area contributed by atoms with Crippen molar-refractivity contribution in [3.8, 4) is 5.75 Å². The second kappa shape index (κ2) is 6.23. The molecule has 0 unspecified atom stereocenters. The van der Waals surface area contributed by atoms with Gasteiger partial charge >= 0.3 is 5.97 Å². The minimum atomic E-state index is -0.405. The average Bonchev–Trinajstić information content (AvgIpc) is 2.19. The lowest BCUT2D eigenvalue weighted by atomic mass is 10.2. The van der Waals surface area contributed by atoms with Gasteiger partial charge in [-0.25, -0.2) is 4.79 Å². The molecule has 2 N–H and O–H groups in total. The summed E-state index contributed by atoms with van der Waals surface area (Å²) in [4.78, 5) is 11.2. The molecule has 0 amide bonds. The first-order valence-electron chi connectivity index (χ1n) is 4.69. The molecule has 4 nitrogen and oxygen atoms in total. The van der Waals surface area contributed by atoms with E-state index in [4.69, 9.17) is 10.5 Å². The van der Waals surface area contributed by atoms with Crippen molar-refractivity contribution >= 4 is 24.1 Å².